The van der Waals surface area contributed by atoms with E-state index in [0.717, 1.165) is 18.8 Å². The fourth-order valence-electron chi connectivity index (χ4n) is 2.57. The van der Waals surface area contributed by atoms with Crippen LogP contribution < -0.4 is 5.73 Å². The Morgan fingerprint density at radius 1 is 1.31 bits per heavy atom. The van der Waals surface area contributed by atoms with E-state index in [1.807, 2.05) is 0 Å². The summed E-state index contributed by atoms with van der Waals surface area (Å²) in [5.74, 6) is 0.732. The first-order valence-electron chi connectivity index (χ1n) is 6.24. The Morgan fingerprint density at radius 2 is 2.06 bits per heavy atom. The monoisotopic (exact) mass is 219 g/mol. The van der Waals surface area contributed by atoms with Crippen LogP contribution in [0.5, 0.6) is 0 Å². The molecule has 0 bridgehead atoms. The molecule has 2 nitrogen and oxygen atoms in total. The highest BCUT2D eigenvalue weighted by Crippen LogP contribution is 2.28. The summed E-state index contributed by atoms with van der Waals surface area (Å²) in [6.45, 7) is 0.392. The maximum absolute atomic E-state index is 9.46. The molecule has 2 heteroatoms. The van der Waals surface area contributed by atoms with Crippen molar-refractivity contribution in [1.82, 2.24) is 0 Å². The van der Waals surface area contributed by atoms with Crippen molar-refractivity contribution >= 4 is 0 Å². The fraction of sp³-hybridized carbons (Fsp3) is 0.571. The summed E-state index contributed by atoms with van der Waals surface area (Å²) in [5.41, 5.74) is 8.43. The molecule has 3 N–H and O–H groups in total. The van der Waals surface area contributed by atoms with Crippen LogP contribution >= 0.6 is 0 Å². The minimum absolute atomic E-state index is 0.308. The lowest BCUT2D eigenvalue weighted by Gasteiger charge is -2.25. The Bertz CT molecular complexity index is 337. The Hall–Kier alpha value is -0.860. The lowest BCUT2D eigenvalue weighted by molar-refractivity contribution is 0.160. The van der Waals surface area contributed by atoms with Crippen LogP contribution in [-0.4, -0.2) is 17.8 Å². The van der Waals surface area contributed by atoms with Crippen LogP contribution in [0.4, 0.5) is 0 Å². The molecular weight excluding hydrogens is 198 g/mol. The molecular formula is C14H21NO. The van der Waals surface area contributed by atoms with Crippen LogP contribution in [0.2, 0.25) is 0 Å². The van der Waals surface area contributed by atoms with Gasteiger partial charge >= 0.3 is 0 Å². The van der Waals surface area contributed by atoms with Crippen molar-refractivity contribution in [2.24, 2.45) is 11.7 Å². The third-order valence-corrected chi connectivity index (χ3v) is 3.63. The molecule has 1 aromatic carbocycles. The Balaban J connectivity index is 1.88. The number of hydrogen-bond donors (Lipinski definition) is 2. The van der Waals surface area contributed by atoms with Gasteiger partial charge < -0.3 is 10.8 Å². The van der Waals surface area contributed by atoms with Gasteiger partial charge in [0.15, 0.2) is 0 Å². The van der Waals surface area contributed by atoms with Crippen LogP contribution in [0.3, 0.4) is 0 Å². The van der Waals surface area contributed by atoms with Crippen LogP contribution in [-0.2, 0) is 12.8 Å². The van der Waals surface area contributed by atoms with Crippen molar-refractivity contribution in [2.45, 2.75) is 38.2 Å². The van der Waals surface area contributed by atoms with Gasteiger partial charge in [0.25, 0.3) is 0 Å². The van der Waals surface area contributed by atoms with E-state index in [1.165, 1.54) is 30.4 Å². The molecule has 0 radical (unpaired) electrons. The van der Waals surface area contributed by atoms with Gasteiger partial charge in [-0.05, 0) is 49.1 Å². The summed E-state index contributed by atoms with van der Waals surface area (Å²) in [5, 5.41) is 9.46. The van der Waals surface area contributed by atoms with Crippen LogP contribution in [0.1, 0.15) is 30.4 Å². The normalized spacial score (nSPS) is 21.5. The molecule has 1 aliphatic rings. The second kappa shape index (κ2) is 5.46. The Kier molecular flexibility index (Phi) is 3.97. The van der Waals surface area contributed by atoms with Crippen LogP contribution in [0.15, 0.2) is 24.3 Å². The molecule has 0 amide bonds. The average Bonchev–Trinajstić information content (AvgIpc) is 2.35. The van der Waals surface area contributed by atoms with Gasteiger partial charge in [0.2, 0.25) is 0 Å². The summed E-state index contributed by atoms with van der Waals surface area (Å²) in [6.07, 6.45) is 5.27. The van der Waals surface area contributed by atoms with Gasteiger partial charge in [-0.15, -0.1) is 0 Å². The highest BCUT2D eigenvalue weighted by atomic mass is 16.3. The number of nitrogens with two attached hydrogens (primary N) is 1. The maximum Gasteiger partial charge on any atom is 0.0662 e. The summed E-state index contributed by atoms with van der Waals surface area (Å²) < 4.78 is 0. The van der Waals surface area contributed by atoms with Crippen molar-refractivity contribution in [3.8, 4) is 0 Å². The predicted molar refractivity (Wildman–Crippen MR) is 66.3 cm³/mol. The lowest BCUT2D eigenvalue weighted by atomic mass is 9.81. The molecule has 0 spiro atoms. The first-order chi connectivity index (χ1) is 7.79. The first-order valence-corrected chi connectivity index (χ1v) is 6.24. The molecule has 2 rings (SSSR count). The van der Waals surface area contributed by atoms with E-state index in [-0.39, 0.29) is 6.10 Å². The second-order valence-corrected chi connectivity index (χ2v) is 4.84. The molecule has 0 fully saturated rings. The zero-order valence-corrected chi connectivity index (χ0v) is 9.73. The lowest BCUT2D eigenvalue weighted by Crippen LogP contribution is -2.22. The third kappa shape index (κ3) is 2.83. The van der Waals surface area contributed by atoms with Crippen molar-refractivity contribution in [3.63, 3.8) is 0 Å². The minimum atomic E-state index is -0.308. The number of rotatable bonds is 4. The quantitative estimate of drug-likeness (QED) is 0.812. The highest BCUT2D eigenvalue weighted by molar-refractivity contribution is 5.29. The number of fused-ring (bicyclic) bond motifs is 1. The number of hydrogen-bond acceptors (Lipinski definition) is 2. The van der Waals surface area contributed by atoms with Crippen molar-refractivity contribution in [1.29, 1.82) is 0 Å². The smallest absolute Gasteiger partial charge is 0.0662 e. The van der Waals surface area contributed by atoms with Gasteiger partial charge in [0.05, 0.1) is 6.10 Å². The minimum Gasteiger partial charge on any atom is -0.392 e. The molecule has 1 aromatic rings. The topological polar surface area (TPSA) is 46.2 Å². The highest BCUT2D eigenvalue weighted by Gasteiger charge is 2.18. The van der Waals surface area contributed by atoms with E-state index in [2.05, 4.69) is 24.3 Å². The standard InChI is InChI=1S/C14H21NO/c15-10-14(16)8-6-11-5-7-12-3-1-2-4-13(12)9-11/h1-4,11,14,16H,5-10,15H2. The largest absolute Gasteiger partial charge is 0.392 e. The van der Waals surface area contributed by atoms with E-state index in [4.69, 9.17) is 5.73 Å². The van der Waals surface area contributed by atoms with Crippen LogP contribution in [0.25, 0.3) is 0 Å². The summed E-state index contributed by atoms with van der Waals surface area (Å²) in [6, 6.07) is 8.72. The summed E-state index contributed by atoms with van der Waals surface area (Å²) in [7, 11) is 0. The van der Waals surface area contributed by atoms with Gasteiger partial charge in [-0.3, -0.25) is 0 Å². The summed E-state index contributed by atoms with van der Waals surface area (Å²) >= 11 is 0. The molecule has 0 saturated heterocycles. The predicted octanol–water partition coefficient (Wildman–Crippen LogP) is 1.89. The molecule has 88 valence electrons. The number of aliphatic hydroxyl groups excluding tert-OH is 1. The van der Waals surface area contributed by atoms with Gasteiger partial charge in [-0.25, -0.2) is 0 Å². The maximum atomic E-state index is 9.46. The fourth-order valence-corrected chi connectivity index (χ4v) is 2.57. The molecule has 1 aliphatic carbocycles. The number of aryl methyl sites for hydroxylation is 1. The van der Waals surface area contributed by atoms with E-state index in [9.17, 15) is 5.11 Å². The summed E-state index contributed by atoms with van der Waals surface area (Å²) in [4.78, 5) is 0. The zero-order valence-electron chi connectivity index (χ0n) is 9.73. The van der Waals surface area contributed by atoms with Crippen molar-refractivity contribution < 1.29 is 5.11 Å². The van der Waals surface area contributed by atoms with E-state index in [0.29, 0.717) is 6.54 Å². The first kappa shape index (κ1) is 11.6. The van der Waals surface area contributed by atoms with Crippen molar-refractivity contribution in [2.75, 3.05) is 6.54 Å². The SMILES string of the molecule is NCC(O)CCC1CCc2ccccc2C1. The molecule has 16 heavy (non-hydrogen) atoms. The molecule has 0 aliphatic heterocycles. The van der Waals surface area contributed by atoms with E-state index >= 15 is 0 Å². The molecule has 0 heterocycles. The molecule has 2 unspecified atom stereocenters. The molecule has 0 aromatic heterocycles. The number of aliphatic hydroxyl groups is 1. The van der Waals surface area contributed by atoms with E-state index in [1.54, 1.807) is 0 Å². The molecule has 0 saturated carbocycles. The molecule has 2 atom stereocenters. The Labute approximate surface area is 97.5 Å². The number of benzene rings is 1. The van der Waals surface area contributed by atoms with Crippen molar-refractivity contribution in [3.05, 3.63) is 35.4 Å². The van der Waals surface area contributed by atoms with Crippen LogP contribution in [0, 0.1) is 5.92 Å². The third-order valence-electron chi connectivity index (χ3n) is 3.63. The van der Waals surface area contributed by atoms with E-state index < -0.39 is 0 Å². The second-order valence-electron chi connectivity index (χ2n) is 4.84. The average molecular weight is 219 g/mol. The van der Waals surface area contributed by atoms with Gasteiger partial charge in [-0.2, -0.15) is 0 Å². The van der Waals surface area contributed by atoms with Gasteiger partial charge in [-0.1, -0.05) is 24.3 Å². The van der Waals surface area contributed by atoms with Gasteiger partial charge in [0.1, 0.15) is 0 Å². The van der Waals surface area contributed by atoms with Gasteiger partial charge in [0, 0.05) is 6.54 Å². The Morgan fingerprint density at radius 3 is 2.81 bits per heavy atom. The zero-order chi connectivity index (χ0) is 11.4.